The summed E-state index contributed by atoms with van der Waals surface area (Å²) < 4.78 is 26.9. The molecule has 2 unspecified atom stereocenters. The Kier molecular flexibility index (Phi) is 4.93. The number of anilines is 1. The molecule has 0 saturated carbocycles. The highest BCUT2D eigenvalue weighted by Crippen LogP contribution is 2.29. The fraction of sp³-hybridized carbons (Fsp3) is 0.615. The smallest absolute Gasteiger partial charge is 0.244 e. The van der Waals surface area contributed by atoms with E-state index in [4.69, 9.17) is 0 Å². The summed E-state index contributed by atoms with van der Waals surface area (Å²) in [4.78, 5) is 4.42. The number of thioether (sulfide) groups is 1. The van der Waals surface area contributed by atoms with Crippen LogP contribution in [0.4, 0.5) is 5.82 Å². The molecule has 0 aliphatic carbocycles. The SMILES string of the molecule is CCNc1ccc(S(=O)(=O)N2CCSC(C)C2C)cn1. The lowest BCUT2D eigenvalue weighted by molar-refractivity contribution is 0.340. The summed E-state index contributed by atoms with van der Waals surface area (Å²) in [5, 5.41) is 3.37. The number of pyridine rings is 1. The fourth-order valence-corrected chi connectivity index (χ4v) is 5.14. The molecule has 0 bridgehead atoms. The van der Waals surface area contributed by atoms with Gasteiger partial charge in [-0.3, -0.25) is 0 Å². The number of nitrogens with zero attached hydrogens (tertiary/aromatic N) is 2. The first kappa shape index (κ1) is 15.6. The van der Waals surface area contributed by atoms with Crippen LogP contribution >= 0.6 is 11.8 Å². The van der Waals surface area contributed by atoms with Crippen molar-refractivity contribution in [1.82, 2.24) is 9.29 Å². The van der Waals surface area contributed by atoms with Crippen LogP contribution in [0.2, 0.25) is 0 Å². The Balaban J connectivity index is 2.25. The van der Waals surface area contributed by atoms with Gasteiger partial charge in [-0.15, -0.1) is 0 Å². The normalized spacial score (nSPS) is 24.6. The minimum atomic E-state index is -3.45. The summed E-state index contributed by atoms with van der Waals surface area (Å²) in [5.41, 5.74) is 0. The molecular formula is C13H21N3O2S2. The Bertz CT molecular complexity index is 545. The summed E-state index contributed by atoms with van der Waals surface area (Å²) in [6.45, 7) is 7.34. The van der Waals surface area contributed by atoms with Crippen molar-refractivity contribution in [3.63, 3.8) is 0 Å². The van der Waals surface area contributed by atoms with Crippen molar-refractivity contribution in [2.75, 3.05) is 24.2 Å². The van der Waals surface area contributed by atoms with E-state index >= 15 is 0 Å². The Hall–Kier alpha value is -0.790. The van der Waals surface area contributed by atoms with E-state index in [1.165, 1.54) is 6.20 Å². The lowest BCUT2D eigenvalue weighted by Gasteiger charge is -2.36. The summed E-state index contributed by atoms with van der Waals surface area (Å²) >= 11 is 1.82. The van der Waals surface area contributed by atoms with Crippen molar-refractivity contribution in [3.05, 3.63) is 18.3 Å². The van der Waals surface area contributed by atoms with Crippen LogP contribution in [0.15, 0.2) is 23.2 Å². The summed E-state index contributed by atoms with van der Waals surface area (Å²) in [5.74, 6) is 1.54. The quantitative estimate of drug-likeness (QED) is 0.921. The van der Waals surface area contributed by atoms with Gasteiger partial charge in [0.1, 0.15) is 10.7 Å². The molecule has 1 aromatic heterocycles. The number of sulfonamides is 1. The molecule has 2 heterocycles. The summed E-state index contributed by atoms with van der Waals surface area (Å²) in [6, 6.07) is 3.34. The van der Waals surface area contributed by atoms with Gasteiger partial charge in [-0.2, -0.15) is 16.1 Å². The van der Waals surface area contributed by atoms with Crippen LogP contribution in [0.5, 0.6) is 0 Å². The zero-order valence-electron chi connectivity index (χ0n) is 12.0. The third-order valence-electron chi connectivity index (χ3n) is 3.53. The van der Waals surface area contributed by atoms with Crippen molar-refractivity contribution in [2.45, 2.75) is 37.0 Å². The van der Waals surface area contributed by atoms with E-state index in [1.807, 2.05) is 25.6 Å². The molecular weight excluding hydrogens is 294 g/mol. The third-order valence-corrected chi connectivity index (χ3v) is 6.83. The number of hydrogen-bond donors (Lipinski definition) is 1. The van der Waals surface area contributed by atoms with Crippen LogP contribution in [0, 0.1) is 0 Å². The highest BCUT2D eigenvalue weighted by atomic mass is 32.2. The van der Waals surface area contributed by atoms with Crippen LogP contribution in [-0.2, 0) is 10.0 Å². The van der Waals surface area contributed by atoms with Crippen LogP contribution in [0.3, 0.4) is 0 Å². The van der Waals surface area contributed by atoms with Crippen molar-refractivity contribution in [1.29, 1.82) is 0 Å². The summed E-state index contributed by atoms with van der Waals surface area (Å²) in [7, 11) is -3.45. The molecule has 2 rings (SSSR count). The first-order valence-corrected chi connectivity index (χ1v) is 9.29. The van der Waals surface area contributed by atoms with E-state index in [0.717, 1.165) is 12.3 Å². The molecule has 2 atom stereocenters. The Morgan fingerprint density at radius 3 is 2.80 bits per heavy atom. The maximum Gasteiger partial charge on any atom is 0.244 e. The van der Waals surface area contributed by atoms with Crippen molar-refractivity contribution in [3.8, 4) is 0 Å². The standard InChI is InChI=1S/C13H21N3O2S2/c1-4-14-13-6-5-12(9-15-13)20(17,18)16-7-8-19-11(3)10(16)2/h5-6,9-11H,4,7-8H2,1-3H3,(H,14,15). The molecule has 0 amide bonds. The predicted octanol–water partition coefficient (Wildman–Crippen LogP) is 2.03. The van der Waals surface area contributed by atoms with Gasteiger partial charge in [0.05, 0.1) is 0 Å². The second-order valence-electron chi connectivity index (χ2n) is 4.84. The molecule has 1 aliphatic heterocycles. The van der Waals surface area contributed by atoms with Crippen LogP contribution in [-0.4, -0.2) is 47.8 Å². The van der Waals surface area contributed by atoms with Gasteiger partial charge in [0.15, 0.2) is 0 Å². The number of aromatic nitrogens is 1. The molecule has 112 valence electrons. The second kappa shape index (κ2) is 6.32. The van der Waals surface area contributed by atoms with E-state index < -0.39 is 10.0 Å². The van der Waals surface area contributed by atoms with Gasteiger partial charge in [-0.1, -0.05) is 6.92 Å². The maximum atomic E-state index is 12.7. The molecule has 1 saturated heterocycles. The van der Waals surface area contributed by atoms with Gasteiger partial charge in [-0.25, -0.2) is 13.4 Å². The predicted molar refractivity (Wildman–Crippen MR) is 83.7 cm³/mol. The van der Waals surface area contributed by atoms with Crippen LogP contribution in [0.25, 0.3) is 0 Å². The monoisotopic (exact) mass is 315 g/mol. The average Bonchev–Trinajstić information content (AvgIpc) is 2.42. The topological polar surface area (TPSA) is 62.3 Å². The lowest BCUT2D eigenvalue weighted by atomic mass is 10.2. The second-order valence-corrected chi connectivity index (χ2v) is 8.22. The first-order chi connectivity index (χ1) is 9.46. The van der Waals surface area contributed by atoms with Gasteiger partial charge in [-0.05, 0) is 26.0 Å². The van der Waals surface area contributed by atoms with Gasteiger partial charge in [0.2, 0.25) is 10.0 Å². The number of hydrogen-bond acceptors (Lipinski definition) is 5. The van der Waals surface area contributed by atoms with Gasteiger partial charge in [0, 0.05) is 36.3 Å². The molecule has 7 heteroatoms. The maximum absolute atomic E-state index is 12.7. The Morgan fingerprint density at radius 2 is 2.20 bits per heavy atom. The summed E-state index contributed by atoms with van der Waals surface area (Å²) in [6.07, 6.45) is 1.44. The molecule has 0 radical (unpaired) electrons. The molecule has 1 N–H and O–H groups in total. The fourth-order valence-electron chi connectivity index (χ4n) is 2.20. The molecule has 20 heavy (non-hydrogen) atoms. The zero-order chi connectivity index (χ0) is 14.8. The highest BCUT2D eigenvalue weighted by molar-refractivity contribution is 8.00. The molecule has 1 aliphatic rings. The van der Waals surface area contributed by atoms with Crippen LogP contribution < -0.4 is 5.32 Å². The minimum Gasteiger partial charge on any atom is -0.370 e. The van der Waals surface area contributed by atoms with E-state index in [1.54, 1.807) is 16.4 Å². The Morgan fingerprint density at radius 1 is 1.45 bits per heavy atom. The van der Waals surface area contributed by atoms with Gasteiger partial charge < -0.3 is 5.32 Å². The van der Waals surface area contributed by atoms with E-state index in [2.05, 4.69) is 17.2 Å². The third kappa shape index (κ3) is 3.10. The first-order valence-electron chi connectivity index (χ1n) is 6.80. The van der Waals surface area contributed by atoms with Gasteiger partial charge >= 0.3 is 0 Å². The molecule has 1 aromatic rings. The van der Waals surface area contributed by atoms with E-state index in [9.17, 15) is 8.42 Å². The van der Waals surface area contributed by atoms with Crippen molar-refractivity contribution >= 4 is 27.6 Å². The molecule has 5 nitrogen and oxygen atoms in total. The highest BCUT2D eigenvalue weighted by Gasteiger charge is 2.34. The van der Waals surface area contributed by atoms with E-state index in [0.29, 0.717) is 17.6 Å². The largest absolute Gasteiger partial charge is 0.370 e. The average molecular weight is 315 g/mol. The molecule has 0 aromatic carbocycles. The van der Waals surface area contributed by atoms with Crippen molar-refractivity contribution in [2.24, 2.45) is 0 Å². The van der Waals surface area contributed by atoms with Crippen molar-refractivity contribution < 1.29 is 8.42 Å². The lowest BCUT2D eigenvalue weighted by Crippen LogP contribution is -2.47. The van der Waals surface area contributed by atoms with Gasteiger partial charge in [0.25, 0.3) is 0 Å². The molecule has 0 spiro atoms. The number of nitrogens with one attached hydrogen (secondary N) is 1. The Labute approximate surface area is 125 Å². The van der Waals surface area contributed by atoms with E-state index in [-0.39, 0.29) is 10.9 Å². The van der Waals surface area contributed by atoms with Crippen LogP contribution in [0.1, 0.15) is 20.8 Å². The minimum absolute atomic E-state index is 0.00666. The zero-order valence-corrected chi connectivity index (χ0v) is 13.7. The molecule has 1 fully saturated rings. The number of rotatable bonds is 4.